The molecule has 5 nitrogen and oxygen atoms in total. The summed E-state index contributed by atoms with van der Waals surface area (Å²) >= 11 is 5.80. The highest BCUT2D eigenvalue weighted by Crippen LogP contribution is 2.25. The number of amides is 2. The van der Waals surface area contributed by atoms with Crippen molar-refractivity contribution < 1.29 is 19.1 Å². The zero-order chi connectivity index (χ0) is 19.4. The lowest BCUT2D eigenvalue weighted by molar-refractivity contribution is -0.166. The summed E-state index contributed by atoms with van der Waals surface area (Å²) in [7, 11) is 0. The van der Waals surface area contributed by atoms with Crippen LogP contribution < -0.4 is 5.32 Å². The van der Waals surface area contributed by atoms with Crippen molar-refractivity contribution in [1.29, 1.82) is 0 Å². The van der Waals surface area contributed by atoms with Crippen LogP contribution in [-0.4, -0.2) is 34.0 Å². The third-order valence-corrected chi connectivity index (χ3v) is 4.79. The lowest BCUT2D eigenvalue weighted by Gasteiger charge is -2.37. The maximum atomic E-state index is 13.4. The number of rotatable bonds is 5. The Balaban J connectivity index is 1.67. The maximum Gasteiger partial charge on any atom is 0.264 e. The first-order valence-electron chi connectivity index (χ1n) is 8.67. The molecule has 2 aromatic carbocycles. The smallest absolute Gasteiger partial charge is 0.264 e. The van der Waals surface area contributed by atoms with Gasteiger partial charge in [-0.05, 0) is 42.2 Å². The van der Waals surface area contributed by atoms with Crippen LogP contribution in [0.2, 0.25) is 5.02 Å². The lowest BCUT2D eigenvalue weighted by atomic mass is 9.90. The van der Waals surface area contributed by atoms with E-state index in [2.05, 4.69) is 5.32 Å². The maximum absolute atomic E-state index is 13.4. The van der Waals surface area contributed by atoms with Gasteiger partial charge < -0.3 is 15.3 Å². The highest BCUT2D eigenvalue weighted by molar-refractivity contribution is 6.30. The molecule has 142 valence electrons. The van der Waals surface area contributed by atoms with E-state index in [0.29, 0.717) is 25.1 Å². The number of piperidine rings is 1. The van der Waals surface area contributed by atoms with Gasteiger partial charge >= 0.3 is 0 Å². The Labute approximate surface area is 161 Å². The number of likely N-dealkylation sites (tertiary alicyclic amines) is 1. The normalized spacial score (nSPS) is 19.8. The number of carbonyl (C=O) groups is 2. The summed E-state index contributed by atoms with van der Waals surface area (Å²) in [6.07, 6.45) is 0.557. The Morgan fingerprint density at radius 1 is 1.22 bits per heavy atom. The Morgan fingerprint density at radius 2 is 1.96 bits per heavy atom. The van der Waals surface area contributed by atoms with Crippen molar-refractivity contribution in [2.75, 3.05) is 6.54 Å². The zero-order valence-corrected chi connectivity index (χ0v) is 15.4. The molecular formula is C20H20ClFN2O3. The number of nitrogens with zero attached hydrogens (tertiary/aromatic N) is 1. The van der Waals surface area contributed by atoms with Gasteiger partial charge in [-0.15, -0.1) is 0 Å². The van der Waals surface area contributed by atoms with Gasteiger partial charge in [0.15, 0.2) is 0 Å². The van der Waals surface area contributed by atoms with Crippen LogP contribution in [0.25, 0.3) is 0 Å². The second kappa shape index (κ2) is 8.06. The lowest BCUT2D eigenvalue weighted by Crippen LogP contribution is -2.60. The van der Waals surface area contributed by atoms with Gasteiger partial charge in [-0.3, -0.25) is 9.59 Å². The van der Waals surface area contributed by atoms with Gasteiger partial charge in [0.2, 0.25) is 5.60 Å². The minimum atomic E-state index is -2.12. The monoisotopic (exact) mass is 390 g/mol. The summed E-state index contributed by atoms with van der Waals surface area (Å²) in [6, 6.07) is 13.3. The molecule has 0 aromatic heterocycles. The van der Waals surface area contributed by atoms with Crippen molar-refractivity contribution >= 4 is 23.4 Å². The van der Waals surface area contributed by atoms with E-state index in [4.69, 9.17) is 11.6 Å². The number of hydrogen-bond donors (Lipinski definition) is 2. The van der Waals surface area contributed by atoms with E-state index >= 15 is 0 Å². The highest BCUT2D eigenvalue weighted by atomic mass is 35.5. The molecule has 0 spiro atoms. The molecule has 1 heterocycles. The van der Waals surface area contributed by atoms with Crippen LogP contribution in [0.4, 0.5) is 4.39 Å². The number of halogens is 2. The van der Waals surface area contributed by atoms with Crippen molar-refractivity contribution in [3.05, 3.63) is 70.5 Å². The Kier molecular flexibility index (Phi) is 5.77. The van der Waals surface area contributed by atoms with E-state index < -0.39 is 23.2 Å². The van der Waals surface area contributed by atoms with Gasteiger partial charge in [0.05, 0.1) is 0 Å². The minimum absolute atomic E-state index is 0.0371. The highest BCUT2D eigenvalue weighted by Gasteiger charge is 2.48. The number of nitrogens with one attached hydrogen (secondary N) is 1. The average molecular weight is 391 g/mol. The van der Waals surface area contributed by atoms with E-state index in [-0.39, 0.29) is 18.0 Å². The summed E-state index contributed by atoms with van der Waals surface area (Å²) in [5.41, 5.74) is -0.754. The molecule has 0 saturated carbocycles. The first-order chi connectivity index (χ1) is 12.9. The van der Waals surface area contributed by atoms with E-state index in [0.717, 1.165) is 11.6 Å². The fourth-order valence-electron chi connectivity index (χ4n) is 3.20. The van der Waals surface area contributed by atoms with Gasteiger partial charge in [0.1, 0.15) is 5.82 Å². The molecule has 1 unspecified atom stereocenters. The molecule has 3 rings (SSSR count). The molecule has 2 N–H and O–H groups in total. The molecule has 2 amide bonds. The van der Waals surface area contributed by atoms with Crippen molar-refractivity contribution in [1.82, 2.24) is 10.2 Å². The molecule has 0 aliphatic carbocycles. The second-order valence-electron chi connectivity index (χ2n) is 6.64. The number of benzene rings is 2. The van der Waals surface area contributed by atoms with E-state index in [1.807, 2.05) is 30.3 Å². The topological polar surface area (TPSA) is 69.6 Å². The van der Waals surface area contributed by atoms with Crippen molar-refractivity contribution in [2.45, 2.75) is 31.5 Å². The van der Waals surface area contributed by atoms with E-state index in [1.165, 1.54) is 17.0 Å². The fraction of sp³-hybridized carbons (Fsp3) is 0.300. The first kappa shape index (κ1) is 19.3. The zero-order valence-electron chi connectivity index (χ0n) is 14.6. The van der Waals surface area contributed by atoms with Gasteiger partial charge in [-0.25, -0.2) is 4.39 Å². The minimum Gasteiger partial charge on any atom is -0.372 e. The van der Waals surface area contributed by atoms with Crippen molar-refractivity contribution in [3.8, 4) is 0 Å². The molecule has 1 fully saturated rings. The van der Waals surface area contributed by atoms with Gasteiger partial charge in [0.25, 0.3) is 11.8 Å². The molecule has 1 aliphatic heterocycles. The largest absolute Gasteiger partial charge is 0.372 e. The van der Waals surface area contributed by atoms with Crippen molar-refractivity contribution in [2.24, 2.45) is 0 Å². The van der Waals surface area contributed by atoms with E-state index in [9.17, 15) is 19.1 Å². The summed E-state index contributed by atoms with van der Waals surface area (Å²) in [6.45, 7) is 0.766. The van der Waals surface area contributed by atoms with Gasteiger partial charge in [-0.2, -0.15) is 0 Å². The molecule has 2 aromatic rings. The molecule has 0 radical (unpaired) electrons. The molecule has 0 bridgehead atoms. The Bertz CT molecular complexity index is 826. The molecule has 1 saturated heterocycles. The number of hydrogen-bond acceptors (Lipinski definition) is 3. The van der Waals surface area contributed by atoms with Gasteiger partial charge in [0, 0.05) is 24.7 Å². The van der Waals surface area contributed by atoms with Gasteiger partial charge in [-0.1, -0.05) is 41.9 Å². The van der Waals surface area contributed by atoms with Crippen LogP contribution >= 0.6 is 11.6 Å². The average Bonchev–Trinajstić information content (AvgIpc) is 2.63. The standard InChI is InChI=1S/C20H20ClFN2O3/c21-16-9-15(10-17(22)11-16)12-23-18(25)20(27)7-4-8-24(19(20)26)13-14-5-2-1-3-6-14/h1-3,5-6,9-11,27H,4,7-8,12-13H2,(H,23,25). The summed E-state index contributed by atoms with van der Waals surface area (Å²) < 4.78 is 13.4. The molecule has 1 aliphatic rings. The SMILES string of the molecule is O=C(NCc1cc(F)cc(Cl)c1)C1(O)CCCN(Cc2ccccc2)C1=O. The molecular weight excluding hydrogens is 371 g/mol. The molecule has 1 atom stereocenters. The summed E-state index contributed by atoms with van der Waals surface area (Å²) in [5, 5.41) is 13.5. The van der Waals surface area contributed by atoms with Crippen molar-refractivity contribution in [3.63, 3.8) is 0 Å². The molecule has 7 heteroatoms. The second-order valence-corrected chi connectivity index (χ2v) is 7.07. The van der Waals surface area contributed by atoms with Crippen LogP contribution in [0.5, 0.6) is 0 Å². The summed E-state index contributed by atoms with van der Waals surface area (Å²) in [5.74, 6) is -1.92. The number of carbonyl (C=O) groups excluding carboxylic acids is 2. The Morgan fingerprint density at radius 3 is 2.67 bits per heavy atom. The predicted molar refractivity (Wildman–Crippen MR) is 99.3 cm³/mol. The van der Waals surface area contributed by atoms with Crippen LogP contribution in [0.1, 0.15) is 24.0 Å². The van der Waals surface area contributed by atoms with Crippen LogP contribution in [-0.2, 0) is 22.7 Å². The third kappa shape index (κ3) is 4.46. The van der Waals surface area contributed by atoms with Crippen LogP contribution in [0, 0.1) is 5.82 Å². The quantitative estimate of drug-likeness (QED) is 0.771. The first-order valence-corrected chi connectivity index (χ1v) is 9.05. The fourth-order valence-corrected chi connectivity index (χ4v) is 3.45. The van der Waals surface area contributed by atoms with Crippen LogP contribution in [0.15, 0.2) is 48.5 Å². The predicted octanol–water partition coefficient (Wildman–Crippen LogP) is 2.65. The third-order valence-electron chi connectivity index (χ3n) is 4.57. The van der Waals surface area contributed by atoms with E-state index in [1.54, 1.807) is 0 Å². The summed E-state index contributed by atoms with van der Waals surface area (Å²) in [4.78, 5) is 26.8. The number of aliphatic hydroxyl groups is 1. The molecule has 27 heavy (non-hydrogen) atoms. The van der Waals surface area contributed by atoms with Crippen LogP contribution in [0.3, 0.4) is 0 Å². The Hall–Kier alpha value is -2.44.